The lowest BCUT2D eigenvalue weighted by Gasteiger charge is -1.99. The van der Waals surface area contributed by atoms with Gasteiger partial charge < -0.3 is 5.11 Å². The molecule has 0 aliphatic rings. The van der Waals surface area contributed by atoms with Crippen LogP contribution >= 0.6 is 27.3 Å². The van der Waals surface area contributed by atoms with E-state index in [-0.39, 0.29) is 11.4 Å². The Bertz CT molecular complexity index is 1050. The molecule has 0 saturated heterocycles. The number of aromatic hydroxyl groups is 1. The number of non-ortho nitro benzene ring substituents is 1. The monoisotopic (exact) mass is 427 g/mol. The second-order valence-electron chi connectivity index (χ2n) is 5.22. The fraction of sp³-hybridized carbons (Fsp3) is 0. The third-order valence-corrected chi connectivity index (χ3v) is 5.02. The molecule has 0 unspecified atom stereocenters. The zero-order valence-corrected chi connectivity index (χ0v) is 15.5. The molecule has 8 heteroatoms. The van der Waals surface area contributed by atoms with Crippen LogP contribution in [0.1, 0.15) is 10.6 Å². The third kappa shape index (κ3) is 3.79. The Kier molecular flexibility index (Phi) is 5.11. The van der Waals surface area contributed by atoms with Crippen LogP contribution in [0.5, 0.6) is 5.75 Å². The first kappa shape index (κ1) is 17.8. The van der Waals surface area contributed by atoms with Crippen LogP contribution in [0, 0.1) is 21.4 Å². The van der Waals surface area contributed by atoms with Crippen molar-refractivity contribution in [2.75, 3.05) is 0 Å². The van der Waals surface area contributed by atoms with Crippen molar-refractivity contribution in [1.82, 2.24) is 4.98 Å². The Hall–Kier alpha value is -3.02. The van der Waals surface area contributed by atoms with Crippen molar-refractivity contribution in [3.05, 3.63) is 73.0 Å². The van der Waals surface area contributed by atoms with E-state index in [0.29, 0.717) is 20.7 Å². The summed E-state index contributed by atoms with van der Waals surface area (Å²) in [6.45, 7) is 0. The predicted octanol–water partition coefficient (Wildman–Crippen LogP) is 5.25. The van der Waals surface area contributed by atoms with Gasteiger partial charge in [0.15, 0.2) is 0 Å². The van der Waals surface area contributed by atoms with Gasteiger partial charge in [0.25, 0.3) is 5.69 Å². The highest BCUT2D eigenvalue weighted by atomic mass is 79.9. The maximum absolute atomic E-state index is 10.7. The van der Waals surface area contributed by atoms with Crippen molar-refractivity contribution in [2.45, 2.75) is 0 Å². The molecule has 0 aliphatic heterocycles. The Labute approximate surface area is 161 Å². The average Bonchev–Trinajstić information content (AvgIpc) is 3.12. The van der Waals surface area contributed by atoms with E-state index in [1.807, 2.05) is 0 Å². The van der Waals surface area contributed by atoms with Gasteiger partial charge in [-0.25, -0.2) is 4.98 Å². The Balaban J connectivity index is 1.91. The molecule has 3 aromatic rings. The maximum Gasteiger partial charge on any atom is 0.269 e. The zero-order valence-electron chi connectivity index (χ0n) is 13.1. The van der Waals surface area contributed by atoms with Gasteiger partial charge in [0.1, 0.15) is 16.8 Å². The number of hydrogen-bond donors (Lipinski definition) is 1. The van der Waals surface area contributed by atoms with Crippen molar-refractivity contribution < 1.29 is 10.0 Å². The summed E-state index contributed by atoms with van der Waals surface area (Å²) in [6.07, 6.45) is 1.68. The number of nitro groups is 1. The molecular formula is C18H10BrN3O3S. The molecule has 1 heterocycles. The van der Waals surface area contributed by atoms with E-state index in [2.05, 4.69) is 27.0 Å². The smallest absolute Gasteiger partial charge is 0.269 e. The topological polar surface area (TPSA) is 100 Å². The minimum absolute atomic E-state index is 0.0136. The number of halogens is 1. The van der Waals surface area contributed by atoms with Crippen LogP contribution in [0.4, 0.5) is 5.69 Å². The van der Waals surface area contributed by atoms with Gasteiger partial charge >= 0.3 is 0 Å². The molecule has 2 aromatic carbocycles. The highest BCUT2D eigenvalue weighted by Gasteiger charge is 2.11. The first-order chi connectivity index (χ1) is 12.5. The normalized spacial score (nSPS) is 11.2. The molecule has 0 radical (unpaired) electrons. The van der Waals surface area contributed by atoms with Crippen LogP contribution in [0.2, 0.25) is 0 Å². The molecule has 0 bridgehead atoms. The largest absolute Gasteiger partial charge is 0.507 e. The number of aromatic nitrogens is 1. The zero-order chi connectivity index (χ0) is 18.7. The lowest BCUT2D eigenvalue weighted by atomic mass is 10.1. The van der Waals surface area contributed by atoms with Crippen LogP contribution in [0.15, 0.2) is 52.3 Å². The van der Waals surface area contributed by atoms with Gasteiger partial charge in [-0.15, -0.1) is 11.3 Å². The summed E-state index contributed by atoms with van der Waals surface area (Å²) in [5, 5.41) is 32.1. The number of allylic oxidation sites excluding steroid dienone is 1. The summed E-state index contributed by atoms with van der Waals surface area (Å²) in [6, 6.07) is 13.2. The SMILES string of the molecule is N#C/C(=C\c1ccc(O)c(Br)c1)c1nc(-c2ccc([N+](=O)[O-])cc2)cs1. The van der Waals surface area contributed by atoms with E-state index < -0.39 is 4.92 Å². The van der Waals surface area contributed by atoms with E-state index in [4.69, 9.17) is 0 Å². The number of thiazole rings is 1. The summed E-state index contributed by atoms with van der Waals surface area (Å²) in [7, 11) is 0. The second-order valence-corrected chi connectivity index (χ2v) is 6.93. The molecule has 3 rings (SSSR count). The van der Waals surface area contributed by atoms with Gasteiger partial charge in [0, 0.05) is 23.1 Å². The van der Waals surface area contributed by atoms with Gasteiger partial charge in [0.2, 0.25) is 0 Å². The van der Waals surface area contributed by atoms with Gasteiger partial charge in [0.05, 0.1) is 20.7 Å². The number of rotatable bonds is 4. The number of phenolic OH excluding ortho intramolecular Hbond substituents is 1. The van der Waals surface area contributed by atoms with E-state index >= 15 is 0 Å². The fourth-order valence-corrected chi connectivity index (χ4v) is 3.40. The quantitative estimate of drug-likeness (QED) is 0.348. The van der Waals surface area contributed by atoms with Crippen molar-refractivity contribution in [2.24, 2.45) is 0 Å². The number of hydrogen-bond acceptors (Lipinski definition) is 6. The predicted molar refractivity (Wildman–Crippen MR) is 103 cm³/mol. The molecule has 0 atom stereocenters. The summed E-state index contributed by atoms with van der Waals surface area (Å²) < 4.78 is 0.536. The molecule has 0 saturated carbocycles. The molecule has 6 nitrogen and oxygen atoms in total. The van der Waals surface area contributed by atoms with Gasteiger partial charge in [-0.2, -0.15) is 5.26 Å². The van der Waals surface area contributed by atoms with Gasteiger partial charge in [-0.1, -0.05) is 6.07 Å². The van der Waals surface area contributed by atoms with E-state index in [1.54, 1.807) is 35.7 Å². The number of nitriles is 1. The number of benzene rings is 2. The Morgan fingerprint density at radius 3 is 2.65 bits per heavy atom. The fourth-order valence-electron chi connectivity index (χ4n) is 2.21. The van der Waals surface area contributed by atoms with Crippen molar-refractivity contribution >= 4 is 44.6 Å². The third-order valence-electron chi connectivity index (χ3n) is 3.51. The number of phenols is 1. The molecule has 0 amide bonds. The molecule has 0 fully saturated rings. The lowest BCUT2D eigenvalue weighted by Crippen LogP contribution is -1.87. The number of nitrogens with zero attached hydrogens (tertiary/aromatic N) is 3. The molecule has 1 N–H and O–H groups in total. The lowest BCUT2D eigenvalue weighted by molar-refractivity contribution is -0.384. The maximum atomic E-state index is 10.7. The van der Waals surface area contributed by atoms with Gasteiger partial charge in [-0.05, 0) is 51.8 Å². The molecule has 128 valence electrons. The summed E-state index contributed by atoms with van der Waals surface area (Å²) in [5.41, 5.74) is 2.54. The number of nitro benzene ring substituents is 1. The van der Waals surface area contributed by atoms with E-state index in [1.165, 1.54) is 29.5 Å². The summed E-state index contributed by atoms with van der Waals surface area (Å²) >= 11 is 4.56. The molecule has 0 aliphatic carbocycles. The second kappa shape index (κ2) is 7.47. The van der Waals surface area contributed by atoms with Crippen LogP contribution in [-0.4, -0.2) is 15.0 Å². The van der Waals surface area contributed by atoms with Crippen LogP contribution in [0.3, 0.4) is 0 Å². The van der Waals surface area contributed by atoms with Gasteiger partial charge in [-0.3, -0.25) is 10.1 Å². The standard InChI is InChI=1S/C18H10BrN3O3S/c19-15-8-11(1-6-17(15)23)7-13(9-20)18-21-16(10-26-18)12-2-4-14(5-3-12)22(24)25/h1-8,10,23H/b13-7+. The van der Waals surface area contributed by atoms with Crippen molar-refractivity contribution in [1.29, 1.82) is 5.26 Å². The Morgan fingerprint density at radius 1 is 1.31 bits per heavy atom. The summed E-state index contributed by atoms with van der Waals surface area (Å²) in [5.74, 6) is 0.121. The Morgan fingerprint density at radius 2 is 2.04 bits per heavy atom. The van der Waals surface area contributed by atoms with E-state index in [9.17, 15) is 20.5 Å². The highest BCUT2D eigenvalue weighted by molar-refractivity contribution is 9.10. The first-order valence-electron chi connectivity index (χ1n) is 7.29. The average molecular weight is 428 g/mol. The van der Waals surface area contributed by atoms with Crippen LogP contribution < -0.4 is 0 Å². The van der Waals surface area contributed by atoms with Crippen molar-refractivity contribution in [3.63, 3.8) is 0 Å². The highest BCUT2D eigenvalue weighted by Crippen LogP contribution is 2.30. The molecule has 1 aromatic heterocycles. The molecule has 0 spiro atoms. The summed E-state index contributed by atoms with van der Waals surface area (Å²) in [4.78, 5) is 14.7. The molecular weight excluding hydrogens is 418 g/mol. The minimum Gasteiger partial charge on any atom is -0.507 e. The minimum atomic E-state index is -0.456. The first-order valence-corrected chi connectivity index (χ1v) is 8.96. The van der Waals surface area contributed by atoms with Crippen molar-refractivity contribution in [3.8, 4) is 23.1 Å². The molecule has 26 heavy (non-hydrogen) atoms. The van der Waals surface area contributed by atoms with Crippen LogP contribution in [0.25, 0.3) is 22.9 Å². The van der Waals surface area contributed by atoms with Crippen LogP contribution in [-0.2, 0) is 0 Å². The van der Waals surface area contributed by atoms with E-state index in [0.717, 1.165) is 11.1 Å².